The fourth-order valence-corrected chi connectivity index (χ4v) is 4.54. The number of aromatic nitrogens is 3. The predicted molar refractivity (Wildman–Crippen MR) is 117 cm³/mol. The first-order valence-corrected chi connectivity index (χ1v) is 10.9. The van der Waals surface area contributed by atoms with Crippen molar-refractivity contribution in [1.29, 1.82) is 0 Å². The van der Waals surface area contributed by atoms with E-state index in [0.29, 0.717) is 17.9 Å². The van der Waals surface area contributed by atoms with Gasteiger partial charge in [-0.3, -0.25) is 0 Å². The van der Waals surface area contributed by atoms with Gasteiger partial charge in [-0.15, -0.1) is 11.3 Å². The van der Waals surface area contributed by atoms with E-state index in [-0.39, 0.29) is 0 Å². The lowest BCUT2D eigenvalue weighted by Crippen LogP contribution is -2.03. The van der Waals surface area contributed by atoms with Gasteiger partial charge in [-0.1, -0.05) is 25.5 Å². The molecule has 0 N–H and O–H groups in total. The molecule has 0 amide bonds. The Morgan fingerprint density at radius 2 is 1.90 bits per heavy atom. The summed E-state index contributed by atoms with van der Waals surface area (Å²) in [6, 6.07) is 9.14. The van der Waals surface area contributed by atoms with E-state index in [1.165, 1.54) is 23.5 Å². The second kappa shape index (κ2) is 8.70. The van der Waals surface area contributed by atoms with Gasteiger partial charge in [0.1, 0.15) is 16.4 Å². The highest BCUT2D eigenvalue weighted by atomic mass is 32.1. The summed E-state index contributed by atoms with van der Waals surface area (Å²) in [5.41, 5.74) is 1.89. The topological polar surface area (TPSA) is 39.9 Å². The van der Waals surface area contributed by atoms with Gasteiger partial charge in [0.25, 0.3) is 0 Å². The van der Waals surface area contributed by atoms with Crippen LogP contribution in [0.1, 0.15) is 35.9 Å². The summed E-state index contributed by atoms with van der Waals surface area (Å²) in [4.78, 5) is 10.4. The van der Waals surface area contributed by atoms with E-state index >= 15 is 0 Å². The highest BCUT2D eigenvalue weighted by Crippen LogP contribution is 2.34. The molecule has 0 unspecified atom stereocenters. The summed E-state index contributed by atoms with van der Waals surface area (Å²) in [6.45, 7) is 2.74. The molecule has 0 atom stereocenters. The lowest BCUT2D eigenvalue weighted by molar-refractivity contribution is -0.137. The molecular formula is C23H22F3N3OS. The largest absolute Gasteiger partial charge is 0.495 e. The summed E-state index contributed by atoms with van der Waals surface area (Å²) in [7, 11) is 1.61. The second-order valence-electron chi connectivity index (χ2n) is 7.30. The van der Waals surface area contributed by atoms with Gasteiger partial charge in [0.2, 0.25) is 0 Å². The van der Waals surface area contributed by atoms with E-state index in [9.17, 15) is 13.2 Å². The van der Waals surface area contributed by atoms with Crippen molar-refractivity contribution >= 4 is 22.4 Å². The van der Waals surface area contributed by atoms with E-state index < -0.39 is 11.7 Å². The number of nitrogens with zero attached hydrogens (tertiary/aromatic N) is 3. The average molecular weight is 446 g/mol. The van der Waals surface area contributed by atoms with Gasteiger partial charge in [-0.25, -0.2) is 9.97 Å². The molecule has 0 fully saturated rings. The lowest BCUT2D eigenvalue weighted by atomic mass is 10.1. The van der Waals surface area contributed by atoms with Crippen molar-refractivity contribution in [3.63, 3.8) is 0 Å². The Morgan fingerprint density at radius 3 is 2.58 bits per heavy atom. The number of fused-ring (bicyclic) bond motifs is 1. The molecule has 0 saturated heterocycles. The molecule has 0 saturated carbocycles. The maximum Gasteiger partial charge on any atom is 0.416 e. The van der Waals surface area contributed by atoms with E-state index in [4.69, 9.17) is 9.72 Å². The van der Waals surface area contributed by atoms with Crippen LogP contribution in [0.5, 0.6) is 5.75 Å². The first-order chi connectivity index (χ1) is 14.9. The summed E-state index contributed by atoms with van der Waals surface area (Å²) in [5, 5.41) is 1.72. The van der Waals surface area contributed by atoms with Crippen LogP contribution in [0, 0.1) is 0 Å². The van der Waals surface area contributed by atoms with E-state index in [1.54, 1.807) is 13.3 Å². The van der Waals surface area contributed by atoms with Gasteiger partial charge >= 0.3 is 6.18 Å². The van der Waals surface area contributed by atoms with Gasteiger partial charge in [0.05, 0.1) is 31.1 Å². The number of alkyl halides is 3. The third-order valence-electron chi connectivity index (χ3n) is 5.13. The summed E-state index contributed by atoms with van der Waals surface area (Å²) >= 11 is 1.53. The zero-order chi connectivity index (χ0) is 22.0. The van der Waals surface area contributed by atoms with E-state index in [0.717, 1.165) is 58.0 Å². The Bertz CT molecular complexity index is 1180. The van der Waals surface area contributed by atoms with Crippen molar-refractivity contribution in [2.24, 2.45) is 0 Å². The minimum atomic E-state index is -4.34. The van der Waals surface area contributed by atoms with Crippen LogP contribution >= 0.6 is 11.3 Å². The molecule has 3 aromatic heterocycles. The Labute approximate surface area is 182 Å². The van der Waals surface area contributed by atoms with Gasteiger partial charge in [-0.2, -0.15) is 13.2 Å². The molecule has 31 heavy (non-hydrogen) atoms. The van der Waals surface area contributed by atoms with Crippen molar-refractivity contribution in [1.82, 2.24) is 14.5 Å². The number of benzene rings is 1. The Kier molecular flexibility index (Phi) is 6.00. The maximum atomic E-state index is 12.9. The number of pyridine rings is 1. The van der Waals surface area contributed by atoms with Gasteiger partial charge in [0, 0.05) is 22.0 Å². The summed E-state index contributed by atoms with van der Waals surface area (Å²) < 4.78 is 46.0. The van der Waals surface area contributed by atoms with Gasteiger partial charge < -0.3 is 9.30 Å². The van der Waals surface area contributed by atoms with Crippen LogP contribution in [-0.4, -0.2) is 21.6 Å². The van der Waals surface area contributed by atoms with Crippen LogP contribution in [0.2, 0.25) is 0 Å². The highest BCUT2D eigenvalue weighted by Gasteiger charge is 2.30. The highest BCUT2D eigenvalue weighted by molar-refractivity contribution is 7.15. The molecule has 0 spiro atoms. The molecule has 4 rings (SSSR count). The predicted octanol–water partition coefficient (Wildman–Crippen LogP) is 6.58. The van der Waals surface area contributed by atoms with Crippen LogP contribution < -0.4 is 4.74 Å². The molecule has 4 nitrogen and oxygen atoms in total. The number of hydrogen-bond donors (Lipinski definition) is 0. The third kappa shape index (κ3) is 4.58. The first-order valence-electron chi connectivity index (χ1n) is 10.0. The standard InChI is InChI=1S/C23H22F3N3OS/c1-3-4-5-19-20(14-29-11-10-16-12-18(30-2)13-27-21(16)29)31-22(28-19)15-6-8-17(9-7-15)23(24,25)26/h6-13H,3-5,14H2,1-2H3. The summed E-state index contributed by atoms with van der Waals surface area (Å²) in [6.07, 6.45) is 2.22. The van der Waals surface area contributed by atoms with Crippen molar-refractivity contribution < 1.29 is 17.9 Å². The van der Waals surface area contributed by atoms with Crippen LogP contribution in [-0.2, 0) is 19.1 Å². The van der Waals surface area contributed by atoms with Crippen molar-refractivity contribution in [2.75, 3.05) is 7.11 Å². The van der Waals surface area contributed by atoms with Crippen LogP contribution in [0.4, 0.5) is 13.2 Å². The number of unbranched alkanes of at least 4 members (excludes halogenated alkanes) is 1. The molecule has 0 aliphatic carbocycles. The first kappa shape index (κ1) is 21.4. The number of thiazole rings is 1. The van der Waals surface area contributed by atoms with Crippen LogP contribution in [0.25, 0.3) is 21.6 Å². The molecule has 0 bridgehead atoms. The van der Waals surface area contributed by atoms with Crippen molar-refractivity contribution in [2.45, 2.75) is 38.9 Å². The minimum absolute atomic E-state index is 0.611. The molecule has 4 aromatic rings. The van der Waals surface area contributed by atoms with Crippen molar-refractivity contribution in [3.8, 4) is 16.3 Å². The van der Waals surface area contributed by atoms with Gasteiger partial charge in [0.15, 0.2) is 0 Å². The number of hydrogen-bond acceptors (Lipinski definition) is 4. The molecule has 0 aliphatic rings. The normalized spacial score (nSPS) is 11.9. The fourth-order valence-electron chi connectivity index (χ4n) is 3.42. The number of halogens is 3. The van der Waals surface area contributed by atoms with Crippen molar-refractivity contribution in [3.05, 3.63) is 64.9 Å². The Hall–Kier alpha value is -2.87. The number of methoxy groups -OCH3 is 1. The molecule has 8 heteroatoms. The van der Waals surface area contributed by atoms with Gasteiger partial charge in [-0.05, 0) is 37.1 Å². The fraction of sp³-hybridized carbons (Fsp3) is 0.304. The van der Waals surface area contributed by atoms with Crippen LogP contribution in [0.3, 0.4) is 0 Å². The monoisotopic (exact) mass is 445 g/mol. The third-order valence-corrected chi connectivity index (χ3v) is 6.26. The quantitative estimate of drug-likeness (QED) is 0.323. The Balaban J connectivity index is 1.66. The zero-order valence-corrected chi connectivity index (χ0v) is 18.1. The second-order valence-corrected chi connectivity index (χ2v) is 8.38. The van der Waals surface area contributed by atoms with E-state index in [2.05, 4.69) is 16.5 Å². The molecule has 1 aromatic carbocycles. The molecular weight excluding hydrogens is 423 g/mol. The lowest BCUT2D eigenvalue weighted by Gasteiger charge is -2.06. The molecule has 0 radical (unpaired) electrons. The minimum Gasteiger partial charge on any atom is -0.495 e. The van der Waals surface area contributed by atoms with Crippen LogP contribution in [0.15, 0.2) is 48.8 Å². The molecule has 3 heterocycles. The maximum absolute atomic E-state index is 12.9. The average Bonchev–Trinajstić information content (AvgIpc) is 3.35. The molecule has 162 valence electrons. The summed E-state index contributed by atoms with van der Waals surface area (Å²) in [5.74, 6) is 0.705. The Morgan fingerprint density at radius 1 is 1.13 bits per heavy atom. The number of aryl methyl sites for hydroxylation is 1. The smallest absolute Gasteiger partial charge is 0.416 e. The number of rotatable bonds is 7. The molecule has 0 aliphatic heterocycles. The van der Waals surface area contributed by atoms with E-state index in [1.807, 2.05) is 18.3 Å². The SMILES string of the molecule is CCCCc1nc(-c2ccc(C(F)(F)F)cc2)sc1Cn1ccc2cc(OC)cnc21. The number of ether oxygens (including phenoxy) is 1. The zero-order valence-electron chi connectivity index (χ0n) is 17.2.